The average Bonchev–Trinajstić information content (AvgIpc) is 4.14. The number of fused-ring (bicyclic) bond motifs is 14. The van der Waals surface area contributed by atoms with Crippen LogP contribution >= 0.6 is 0 Å². The van der Waals surface area contributed by atoms with Gasteiger partial charge in [0.2, 0.25) is 0 Å². The van der Waals surface area contributed by atoms with Gasteiger partial charge in [0, 0.05) is 82.6 Å². The zero-order chi connectivity index (χ0) is 49.5. The highest BCUT2D eigenvalue weighted by atomic mass is 15.1. The van der Waals surface area contributed by atoms with Gasteiger partial charge in [0.15, 0.2) is 5.82 Å². The number of benzene rings is 7. The van der Waals surface area contributed by atoms with Crippen molar-refractivity contribution in [3.63, 3.8) is 0 Å². The van der Waals surface area contributed by atoms with Crippen molar-refractivity contribution in [2.45, 2.75) is 77.3 Å². The molecule has 2 N–H and O–H groups in total. The molecule has 73 heavy (non-hydrogen) atoms. The molecule has 0 saturated heterocycles. The van der Waals surface area contributed by atoms with E-state index in [2.05, 4.69) is 242 Å². The lowest BCUT2D eigenvalue weighted by Gasteiger charge is -2.30. The Morgan fingerprint density at radius 3 is 1.66 bits per heavy atom. The fraction of sp³-hybridized carbons (Fsp3) is 0.185. The number of nitrogens with two attached hydrogens (primary N) is 1. The highest BCUT2D eigenvalue weighted by Crippen LogP contribution is 2.49. The predicted molar refractivity (Wildman–Crippen MR) is 304 cm³/mol. The molecule has 2 atom stereocenters. The maximum atomic E-state index is 8.10. The molecule has 8 nitrogen and oxygen atoms in total. The second kappa shape index (κ2) is 15.8. The van der Waals surface area contributed by atoms with E-state index in [0.29, 0.717) is 12.2 Å². The van der Waals surface area contributed by atoms with E-state index in [4.69, 9.17) is 20.7 Å². The maximum absolute atomic E-state index is 8.10. The minimum Gasteiger partial charge on any atom is -0.399 e. The second-order valence-corrected chi connectivity index (χ2v) is 22.2. The number of rotatable bonds is 5. The molecular weight excluding hydrogens is 893 g/mol. The van der Waals surface area contributed by atoms with Crippen molar-refractivity contribution < 1.29 is 0 Å². The Hall–Kier alpha value is -8.49. The van der Waals surface area contributed by atoms with E-state index in [9.17, 15) is 0 Å². The van der Waals surface area contributed by atoms with Crippen LogP contribution in [0.5, 0.6) is 0 Å². The molecule has 5 heterocycles. The Kier molecular flexibility index (Phi) is 9.35. The quantitative estimate of drug-likeness (QED) is 0.186. The van der Waals surface area contributed by atoms with Crippen LogP contribution in [0.3, 0.4) is 0 Å². The normalized spacial score (nSPS) is 16.8. The number of allylic oxidation sites excluding steroid dienone is 8. The number of nitrogens with zero attached hydrogens (tertiary/aromatic N) is 7. The molecule has 0 amide bonds. The summed E-state index contributed by atoms with van der Waals surface area (Å²) < 4.78 is 9.98. The van der Waals surface area contributed by atoms with Crippen molar-refractivity contribution >= 4 is 98.5 Å². The molecule has 8 heteroatoms. The molecule has 0 saturated carbocycles. The summed E-state index contributed by atoms with van der Waals surface area (Å²) in [7, 11) is 0. The summed E-state index contributed by atoms with van der Waals surface area (Å²) in [6.07, 6.45) is 12.7. The summed E-state index contributed by atoms with van der Waals surface area (Å²) in [6.45, 7) is 13.1. The van der Waals surface area contributed by atoms with Crippen molar-refractivity contribution in [3.8, 4) is 5.69 Å². The molecule has 5 aromatic heterocycles. The molecule has 14 rings (SSSR count). The summed E-state index contributed by atoms with van der Waals surface area (Å²) in [5.74, 6) is 2.23. The first-order valence-electron chi connectivity index (χ1n) is 25.7. The van der Waals surface area contributed by atoms with Crippen molar-refractivity contribution in [2.75, 3.05) is 0 Å². The van der Waals surface area contributed by atoms with Crippen LogP contribution in [0.4, 0.5) is 0 Å². The van der Waals surface area contributed by atoms with Gasteiger partial charge in [-0.05, 0) is 61.0 Å². The van der Waals surface area contributed by atoms with Crippen LogP contribution in [-0.2, 0) is 10.8 Å². The molecule has 0 bridgehead atoms. The van der Waals surface area contributed by atoms with E-state index in [0.717, 1.165) is 62.7 Å². The van der Waals surface area contributed by atoms with Gasteiger partial charge >= 0.3 is 0 Å². The molecule has 0 aliphatic heterocycles. The minimum atomic E-state index is -0.341. The Morgan fingerprint density at radius 1 is 0.479 bits per heavy atom. The Labute approximate surface area is 423 Å². The summed E-state index contributed by atoms with van der Waals surface area (Å²) in [4.78, 5) is 16.0. The third-order valence-electron chi connectivity index (χ3n) is 15.5. The molecule has 2 unspecified atom stereocenters. The van der Waals surface area contributed by atoms with Crippen LogP contribution in [0.1, 0.15) is 83.9 Å². The fourth-order valence-electron chi connectivity index (χ4n) is 12.2. The fourth-order valence-corrected chi connectivity index (χ4v) is 12.2. The van der Waals surface area contributed by atoms with E-state index in [1.807, 2.05) is 0 Å². The monoisotopic (exact) mass is 948 g/mol. The standard InChI is InChI=1S/C65H56N8/c1-64(2,3)62-67-61(68-63(69-62)65(4,5)6)39-37-54(72-51-32-20-16-28-47(51)57-53(72)36-34-44-42-25-13-17-29-48(42)71(59(44)57)41-23-11-8-12-24-41)58(66)55(38-39)73-49-30-18-14-26-43(49)45-33-35-52-56(60(45)73)46-27-15-19-31-50(46)70(52)40-21-9-7-10-22-40/h7-21,23-37,40,55H,22,38,66H2,1-6H3. The first-order chi connectivity index (χ1) is 35.4. The first kappa shape index (κ1) is 43.3. The van der Waals surface area contributed by atoms with Crippen LogP contribution in [0.25, 0.3) is 104 Å². The van der Waals surface area contributed by atoms with Crippen LogP contribution in [-0.4, -0.2) is 33.2 Å². The third kappa shape index (κ3) is 6.42. The van der Waals surface area contributed by atoms with Crippen LogP contribution in [0.15, 0.2) is 188 Å². The average molecular weight is 949 g/mol. The lowest BCUT2D eigenvalue weighted by Crippen LogP contribution is -2.27. The SMILES string of the molecule is CC(C)(C)c1nc(C2=CC(n3c4ccccc4c4c3ccc3c5ccccc5n(-c5ccccc5)c34)=C(N)C(n3c4ccccc4c4ccc5c(c6ccccc6n5C5C=CC=CC5)c43)C2)nc(C(C)(C)C)n1. The van der Waals surface area contributed by atoms with Gasteiger partial charge in [0.05, 0.1) is 56.6 Å². The first-order valence-corrected chi connectivity index (χ1v) is 25.7. The Balaban J connectivity index is 1.12. The highest BCUT2D eigenvalue weighted by molar-refractivity contribution is 6.27. The number of aromatic nitrogens is 7. The van der Waals surface area contributed by atoms with E-state index < -0.39 is 0 Å². The molecule has 12 aromatic rings. The maximum Gasteiger partial charge on any atom is 0.159 e. The van der Waals surface area contributed by atoms with Gasteiger partial charge < -0.3 is 24.0 Å². The van der Waals surface area contributed by atoms with Crippen LogP contribution in [0.2, 0.25) is 0 Å². The van der Waals surface area contributed by atoms with Gasteiger partial charge in [-0.3, -0.25) is 0 Å². The van der Waals surface area contributed by atoms with Crippen LogP contribution in [0, 0.1) is 0 Å². The van der Waals surface area contributed by atoms with Gasteiger partial charge in [-0.25, -0.2) is 15.0 Å². The molecule has 356 valence electrons. The van der Waals surface area contributed by atoms with Crippen molar-refractivity contribution in [3.05, 3.63) is 205 Å². The lowest BCUT2D eigenvalue weighted by molar-refractivity contribution is 0.492. The molecule has 2 aliphatic carbocycles. The molecule has 0 spiro atoms. The van der Waals surface area contributed by atoms with Gasteiger partial charge in [-0.2, -0.15) is 0 Å². The summed E-state index contributed by atoms with van der Waals surface area (Å²) in [5.41, 5.74) is 20.5. The predicted octanol–water partition coefficient (Wildman–Crippen LogP) is 15.8. The second-order valence-electron chi connectivity index (χ2n) is 22.2. The Bertz CT molecular complexity index is 4380. The zero-order valence-electron chi connectivity index (χ0n) is 42.1. The number of hydrogen-bond donors (Lipinski definition) is 1. The number of hydrogen-bond acceptors (Lipinski definition) is 4. The summed E-state index contributed by atoms with van der Waals surface area (Å²) >= 11 is 0. The van der Waals surface area contributed by atoms with E-state index in [1.54, 1.807) is 0 Å². The lowest BCUT2D eigenvalue weighted by atomic mass is 9.91. The summed E-state index contributed by atoms with van der Waals surface area (Å²) in [6, 6.07) is 55.3. The smallest absolute Gasteiger partial charge is 0.159 e. The van der Waals surface area contributed by atoms with E-state index in [1.165, 1.54) is 65.3 Å². The van der Waals surface area contributed by atoms with Gasteiger partial charge in [-0.1, -0.05) is 169 Å². The van der Waals surface area contributed by atoms with E-state index >= 15 is 0 Å². The largest absolute Gasteiger partial charge is 0.399 e. The van der Waals surface area contributed by atoms with E-state index in [-0.39, 0.29) is 22.9 Å². The summed E-state index contributed by atoms with van der Waals surface area (Å²) in [5, 5.41) is 9.61. The molecule has 0 radical (unpaired) electrons. The third-order valence-corrected chi connectivity index (χ3v) is 15.5. The molecular formula is C65H56N8. The Morgan fingerprint density at radius 2 is 1.01 bits per heavy atom. The van der Waals surface area contributed by atoms with Gasteiger partial charge in [0.25, 0.3) is 0 Å². The number of para-hydroxylation sites is 5. The minimum absolute atomic E-state index is 0.184. The highest BCUT2D eigenvalue weighted by Gasteiger charge is 2.34. The van der Waals surface area contributed by atoms with Crippen LogP contribution < -0.4 is 5.73 Å². The van der Waals surface area contributed by atoms with Gasteiger partial charge in [0.1, 0.15) is 11.6 Å². The van der Waals surface area contributed by atoms with Crippen molar-refractivity contribution in [1.29, 1.82) is 0 Å². The molecule has 0 fully saturated rings. The zero-order valence-corrected chi connectivity index (χ0v) is 42.1. The van der Waals surface area contributed by atoms with Crippen molar-refractivity contribution in [2.24, 2.45) is 5.73 Å². The molecule has 2 aliphatic rings. The van der Waals surface area contributed by atoms with Crippen molar-refractivity contribution in [1.82, 2.24) is 33.2 Å². The molecule has 7 aromatic carbocycles. The topological polar surface area (TPSA) is 84.4 Å². The van der Waals surface area contributed by atoms with Gasteiger partial charge in [-0.15, -0.1) is 0 Å².